The van der Waals surface area contributed by atoms with Crippen LogP contribution in [0.25, 0.3) is 0 Å². The van der Waals surface area contributed by atoms with Gasteiger partial charge in [0, 0.05) is 20.1 Å². The smallest absolute Gasteiger partial charge is 0.243 e. The van der Waals surface area contributed by atoms with Gasteiger partial charge in [-0.1, -0.05) is 25.7 Å². The van der Waals surface area contributed by atoms with E-state index in [0.717, 1.165) is 42.1 Å². The Morgan fingerprint density at radius 1 is 1.08 bits per heavy atom. The van der Waals surface area contributed by atoms with E-state index >= 15 is 0 Å². The lowest BCUT2D eigenvalue weighted by atomic mass is 10.1. The topological polar surface area (TPSA) is 57.7 Å². The average molecular weight is 356 g/mol. The third-order valence-electron chi connectivity index (χ3n) is 4.65. The van der Waals surface area contributed by atoms with Crippen molar-refractivity contribution >= 4 is 15.9 Å². The fourth-order valence-electron chi connectivity index (χ4n) is 3.02. The summed E-state index contributed by atoms with van der Waals surface area (Å²) in [5, 5.41) is 0. The highest BCUT2D eigenvalue weighted by molar-refractivity contribution is 7.89. The number of rotatable bonds is 5. The van der Waals surface area contributed by atoms with Crippen LogP contribution in [-0.4, -0.2) is 50.2 Å². The number of benzene rings is 1. The van der Waals surface area contributed by atoms with E-state index in [9.17, 15) is 17.6 Å². The van der Waals surface area contributed by atoms with Crippen LogP contribution < -0.4 is 0 Å². The standard InChI is InChI=1S/C17H25FN2O3S/c1-19(24(22,23)16-11-9-14(18)10-12-16)13-17(21)20(2)15-7-5-3-4-6-8-15/h9-12,15H,3-8,13H2,1-2H3. The molecule has 24 heavy (non-hydrogen) atoms. The van der Waals surface area contributed by atoms with Gasteiger partial charge in [0.05, 0.1) is 11.4 Å². The summed E-state index contributed by atoms with van der Waals surface area (Å²) in [6.07, 6.45) is 6.53. The van der Waals surface area contributed by atoms with E-state index in [1.54, 1.807) is 11.9 Å². The van der Waals surface area contributed by atoms with E-state index in [1.165, 1.54) is 32.0 Å². The summed E-state index contributed by atoms with van der Waals surface area (Å²) in [7, 11) is -0.684. The van der Waals surface area contributed by atoms with Gasteiger partial charge in [0.1, 0.15) is 5.82 Å². The van der Waals surface area contributed by atoms with Gasteiger partial charge in [-0.3, -0.25) is 4.79 Å². The van der Waals surface area contributed by atoms with Crippen LogP contribution in [-0.2, 0) is 14.8 Å². The maximum Gasteiger partial charge on any atom is 0.243 e. The number of halogens is 1. The van der Waals surface area contributed by atoms with Crippen molar-refractivity contribution < 1.29 is 17.6 Å². The van der Waals surface area contributed by atoms with Crippen LogP contribution in [0.4, 0.5) is 4.39 Å². The Labute approximate surface area is 143 Å². The van der Waals surface area contributed by atoms with E-state index in [1.807, 2.05) is 0 Å². The van der Waals surface area contributed by atoms with E-state index in [4.69, 9.17) is 0 Å². The number of likely N-dealkylation sites (N-methyl/N-ethyl adjacent to an activating group) is 2. The van der Waals surface area contributed by atoms with Gasteiger partial charge in [-0.15, -0.1) is 0 Å². The van der Waals surface area contributed by atoms with Crippen LogP contribution in [0.15, 0.2) is 29.2 Å². The third-order valence-corrected chi connectivity index (χ3v) is 6.46. The molecular weight excluding hydrogens is 331 g/mol. The fourth-order valence-corrected chi connectivity index (χ4v) is 4.14. The van der Waals surface area contributed by atoms with Crippen molar-refractivity contribution in [2.45, 2.75) is 49.5 Å². The second-order valence-electron chi connectivity index (χ2n) is 6.37. The van der Waals surface area contributed by atoms with E-state index in [2.05, 4.69) is 0 Å². The molecule has 2 rings (SSSR count). The zero-order valence-electron chi connectivity index (χ0n) is 14.2. The first-order chi connectivity index (χ1) is 11.3. The van der Waals surface area contributed by atoms with Crippen LogP contribution in [0.3, 0.4) is 0 Å². The number of hydrogen-bond donors (Lipinski definition) is 0. The number of hydrogen-bond acceptors (Lipinski definition) is 3. The quantitative estimate of drug-likeness (QED) is 0.762. The first-order valence-electron chi connectivity index (χ1n) is 8.30. The molecule has 1 saturated carbocycles. The third kappa shape index (κ3) is 4.54. The van der Waals surface area contributed by atoms with E-state index < -0.39 is 15.8 Å². The number of carbonyl (C=O) groups excluding carboxylic acids is 1. The van der Waals surface area contributed by atoms with E-state index in [-0.39, 0.29) is 23.4 Å². The largest absolute Gasteiger partial charge is 0.342 e. The lowest BCUT2D eigenvalue weighted by molar-refractivity contribution is -0.132. The summed E-state index contributed by atoms with van der Waals surface area (Å²) in [6, 6.07) is 4.80. The van der Waals surface area contributed by atoms with Crippen LogP contribution in [0.1, 0.15) is 38.5 Å². The molecule has 0 aromatic heterocycles. The summed E-state index contributed by atoms with van der Waals surface area (Å²) in [5.41, 5.74) is 0. The monoisotopic (exact) mass is 356 g/mol. The normalized spacial score (nSPS) is 16.8. The van der Waals surface area contributed by atoms with Gasteiger partial charge in [0.25, 0.3) is 0 Å². The molecule has 1 aliphatic rings. The molecule has 0 spiro atoms. The Morgan fingerprint density at radius 2 is 1.62 bits per heavy atom. The minimum absolute atomic E-state index is 0.0173. The van der Waals surface area contributed by atoms with Crippen molar-refractivity contribution in [2.75, 3.05) is 20.6 Å². The number of sulfonamides is 1. The van der Waals surface area contributed by atoms with Crippen molar-refractivity contribution in [1.82, 2.24) is 9.21 Å². The van der Waals surface area contributed by atoms with Crippen molar-refractivity contribution in [3.8, 4) is 0 Å². The Bertz CT molecular complexity index is 653. The van der Waals surface area contributed by atoms with Crippen molar-refractivity contribution in [1.29, 1.82) is 0 Å². The predicted molar refractivity (Wildman–Crippen MR) is 90.5 cm³/mol. The molecule has 1 amide bonds. The lowest BCUT2D eigenvalue weighted by Gasteiger charge is -2.29. The Balaban J connectivity index is 2.03. The van der Waals surface area contributed by atoms with Gasteiger partial charge in [-0.2, -0.15) is 4.31 Å². The number of nitrogens with zero attached hydrogens (tertiary/aromatic N) is 2. The number of amides is 1. The number of carbonyl (C=O) groups is 1. The van der Waals surface area contributed by atoms with Crippen molar-refractivity contribution in [2.24, 2.45) is 0 Å². The lowest BCUT2D eigenvalue weighted by Crippen LogP contribution is -2.43. The van der Waals surface area contributed by atoms with Gasteiger partial charge >= 0.3 is 0 Å². The molecule has 0 saturated heterocycles. The second-order valence-corrected chi connectivity index (χ2v) is 8.41. The van der Waals surface area contributed by atoms with Gasteiger partial charge in [0.15, 0.2) is 0 Å². The Hall–Kier alpha value is -1.47. The van der Waals surface area contributed by atoms with Gasteiger partial charge in [0.2, 0.25) is 15.9 Å². The highest BCUT2D eigenvalue weighted by Crippen LogP contribution is 2.21. The molecule has 7 heteroatoms. The fraction of sp³-hybridized carbons (Fsp3) is 0.588. The average Bonchev–Trinajstić information content (AvgIpc) is 2.83. The van der Waals surface area contributed by atoms with Crippen LogP contribution in [0, 0.1) is 5.82 Å². The van der Waals surface area contributed by atoms with Crippen LogP contribution in [0.5, 0.6) is 0 Å². The van der Waals surface area contributed by atoms with Gasteiger partial charge in [-0.25, -0.2) is 12.8 Å². The molecule has 1 aliphatic carbocycles. The molecule has 5 nitrogen and oxygen atoms in total. The summed E-state index contributed by atoms with van der Waals surface area (Å²) >= 11 is 0. The predicted octanol–water partition coefficient (Wildman–Crippen LogP) is 2.63. The zero-order chi connectivity index (χ0) is 17.7. The molecule has 0 aliphatic heterocycles. The maximum atomic E-state index is 13.0. The SMILES string of the molecule is CN(C(=O)CN(C)S(=O)(=O)c1ccc(F)cc1)C1CCCCCC1. The van der Waals surface area contributed by atoms with Gasteiger partial charge in [-0.05, 0) is 37.1 Å². The van der Waals surface area contributed by atoms with Crippen molar-refractivity contribution in [3.05, 3.63) is 30.1 Å². The van der Waals surface area contributed by atoms with Gasteiger partial charge < -0.3 is 4.90 Å². The van der Waals surface area contributed by atoms with E-state index in [0.29, 0.717) is 0 Å². The Kier molecular flexibility index (Phi) is 6.34. The molecule has 0 N–H and O–H groups in total. The molecule has 1 aromatic carbocycles. The summed E-state index contributed by atoms with van der Waals surface area (Å²) in [6.45, 7) is -0.216. The zero-order valence-corrected chi connectivity index (χ0v) is 15.1. The Morgan fingerprint density at radius 3 is 2.17 bits per heavy atom. The summed E-state index contributed by atoms with van der Waals surface area (Å²) in [5.74, 6) is -0.712. The minimum Gasteiger partial charge on any atom is -0.342 e. The molecule has 1 fully saturated rings. The molecule has 0 radical (unpaired) electrons. The molecule has 134 valence electrons. The van der Waals surface area contributed by atoms with Crippen LogP contribution >= 0.6 is 0 Å². The highest BCUT2D eigenvalue weighted by atomic mass is 32.2. The second kappa shape index (κ2) is 8.07. The molecular formula is C17H25FN2O3S. The molecule has 1 aromatic rings. The molecule has 0 atom stereocenters. The maximum absolute atomic E-state index is 13.0. The first-order valence-corrected chi connectivity index (χ1v) is 9.74. The van der Waals surface area contributed by atoms with Crippen molar-refractivity contribution in [3.63, 3.8) is 0 Å². The summed E-state index contributed by atoms with van der Waals surface area (Å²) < 4.78 is 38.9. The summed E-state index contributed by atoms with van der Waals surface area (Å²) in [4.78, 5) is 14.1. The van der Waals surface area contributed by atoms with Crippen LogP contribution in [0.2, 0.25) is 0 Å². The molecule has 0 heterocycles. The first kappa shape index (κ1) is 18.9. The molecule has 0 bridgehead atoms. The molecule has 0 unspecified atom stereocenters. The highest BCUT2D eigenvalue weighted by Gasteiger charge is 2.27. The minimum atomic E-state index is -3.80.